The van der Waals surface area contributed by atoms with Crippen molar-refractivity contribution in [2.75, 3.05) is 0 Å². The molecule has 21 heavy (non-hydrogen) atoms. The molecular weight excluding hydrogens is 346 g/mol. The fourth-order valence-corrected chi connectivity index (χ4v) is 2.81. The molecule has 0 saturated carbocycles. The van der Waals surface area contributed by atoms with E-state index < -0.39 is 0 Å². The maximum absolute atomic E-state index is 5.35. The lowest BCUT2D eigenvalue weighted by Gasteiger charge is -2.04. The SMILES string of the molecule is Cc1ccc(Br)c(-c2nc(=S)n(Cc3ccccc3)[nH]2)c1. The van der Waals surface area contributed by atoms with Crippen LogP contribution in [0.1, 0.15) is 11.1 Å². The van der Waals surface area contributed by atoms with Crippen molar-refractivity contribution < 1.29 is 0 Å². The van der Waals surface area contributed by atoms with Gasteiger partial charge in [-0.2, -0.15) is 4.98 Å². The number of hydrogen-bond acceptors (Lipinski definition) is 2. The third-order valence-corrected chi connectivity index (χ3v) is 4.24. The van der Waals surface area contributed by atoms with Crippen LogP contribution in [0.2, 0.25) is 0 Å². The van der Waals surface area contributed by atoms with Crippen LogP contribution in [0.3, 0.4) is 0 Å². The molecule has 1 N–H and O–H groups in total. The molecule has 0 saturated heterocycles. The molecule has 1 heterocycles. The number of nitrogens with one attached hydrogen (secondary N) is 1. The molecule has 1 aromatic heterocycles. The van der Waals surface area contributed by atoms with Gasteiger partial charge in [-0.25, -0.2) is 0 Å². The van der Waals surface area contributed by atoms with Crippen molar-refractivity contribution >= 4 is 28.1 Å². The van der Waals surface area contributed by atoms with Crippen molar-refractivity contribution in [3.8, 4) is 11.4 Å². The summed E-state index contributed by atoms with van der Waals surface area (Å²) in [6.45, 7) is 2.75. The Hall–Kier alpha value is -1.72. The summed E-state index contributed by atoms with van der Waals surface area (Å²) in [4.78, 5) is 4.47. The Bertz CT molecular complexity index is 821. The summed E-state index contributed by atoms with van der Waals surface area (Å²) in [5.41, 5.74) is 3.39. The van der Waals surface area contributed by atoms with Gasteiger partial charge in [-0.3, -0.25) is 9.78 Å². The molecule has 2 aromatic carbocycles. The number of halogens is 1. The molecule has 3 rings (SSSR count). The van der Waals surface area contributed by atoms with Crippen LogP contribution in [-0.2, 0) is 6.54 Å². The van der Waals surface area contributed by atoms with E-state index >= 15 is 0 Å². The lowest BCUT2D eigenvalue weighted by Crippen LogP contribution is -2.01. The average Bonchev–Trinajstić information content (AvgIpc) is 2.84. The second kappa shape index (κ2) is 5.95. The summed E-state index contributed by atoms with van der Waals surface area (Å²) >= 11 is 8.92. The fourth-order valence-electron chi connectivity index (χ4n) is 2.17. The number of hydrogen-bond donors (Lipinski definition) is 1. The normalized spacial score (nSPS) is 10.8. The highest BCUT2D eigenvalue weighted by Gasteiger charge is 2.09. The van der Waals surface area contributed by atoms with Crippen molar-refractivity contribution in [3.63, 3.8) is 0 Å². The van der Waals surface area contributed by atoms with Gasteiger partial charge in [0.1, 0.15) is 0 Å². The highest BCUT2D eigenvalue weighted by molar-refractivity contribution is 9.10. The lowest BCUT2D eigenvalue weighted by atomic mass is 10.1. The molecule has 0 radical (unpaired) electrons. The standard InChI is InChI=1S/C16H14BrN3S/c1-11-7-8-14(17)13(9-11)15-18-16(21)20(19-15)10-12-5-3-2-4-6-12/h2-9H,10H2,1H3,(H,18,19,21). The number of benzene rings is 2. The number of nitrogens with zero attached hydrogens (tertiary/aromatic N) is 2. The molecule has 0 atom stereocenters. The van der Waals surface area contributed by atoms with Gasteiger partial charge in [0.2, 0.25) is 4.77 Å². The van der Waals surface area contributed by atoms with E-state index in [4.69, 9.17) is 12.2 Å². The van der Waals surface area contributed by atoms with E-state index in [1.807, 2.05) is 28.9 Å². The molecule has 0 fully saturated rings. The molecule has 0 unspecified atom stereocenters. The maximum atomic E-state index is 5.35. The summed E-state index contributed by atoms with van der Waals surface area (Å²) in [5.74, 6) is 0.784. The van der Waals surface area contributed by atoms with E-state index in [1.165, 1.54) is 11.1 Å². The molecule has 0 bridgehead atoms. The molecule has 0 aliphatic heterocycles. The number of H-pyrrole nitrogens is 1. The molecule has 0 spiro atoms. The third kappa shape index (κ3) is 3.14. The Labute approximate surface area is 136 Å². The number of rotatable bonds is 3. The van der Waals surface area contributed by atoms with Crippen molar-refractivity contribution in [1.82, 2.24) is 14.8 Å². The Morgan fingerprint density at radius 2 is 1.95 bits per heavy atom. The zero-order valence-corrected chi connectivity index (χ0v) is 13.9. The highest BCUT2D eigenvalue weighted by Crippen LogP contribution is 2.26. The second-order valence-electron chi connectivity index (χ2n) is 4.91. The van der Waals surface area contributed by atoms with E-state index in [-0.39, 0.29) is 0 Å². The average molecular weight is 360 g/mol. The Morgan fingerprint density at radius 3 is 2.71 bits per heavy atom. The summed E-state index contributed by atoms with van der Waals surface area (Å²) in [7, 11) is 0. The van der Waals surface area contributed by atoms with Crippen LogP contribution < -0.4 is 0 Å². The van der Waals surface area contributed by atoms with Crippen molar-refractivity contribution in [1.29, 1.82) is 0 Å². The van der Waals surface area contributed by atoms with E-state index in [9.17, 15) is 0 Å². The van der Waals surface area contributed by atoms with Gasteiger partial charge in [0.25, 0.3) is 0 Å². The predicted octanol–water partition coefficient (Wildman–Crippen LogP) is 4.73. The first-order chi connectivity index (χ1) is 10.1. The van der Waals surface area contributed by atoms with E-state index in [2.05, 4.69) is 57.2 Å². The Morgan fingerprint density at radius 1 is 1.19 bits per heavy atom. The van der Waals surface area contributed by atoms with Gasteiger partial charge in [-0.1, -0.05) is 57.9 Å². The van der Waals surface area contributed by atoms with Crippen molar-refractivity contribution in [2.45, 2.75) is 13.5 Å². The monoisotopic (exact) mass is 359 g/mol. The minimum atomic E-state index is 0.558. The van der Waals surface area contributed by atoms with Crippen LogP contribution in [-0.4, -0.2) is 14.8 Å². The predicted molar refractivity (Wildman–Crippen MR) is 90.8 cm³/mol. The van der Waals surface area contributed by atoms with E-state index in [1.54, 1.807) is 0 Å². The van der Waals surface area contributed by atoms with Gasteiger partial charge < -0.3 is 0 Å². The first kappa shape index (κ1) is 14.2. The van der Waals surface area contributed by atoms with Gasteiger partial charge in [0.05, 0.1) is 6.54 Å². The summed E-state index contributed by atoms with van der Waals surface area (Å²) < 4.78 is 3.44. The lowest BCUT2D eigenvalue weighted by molar-refractivity contribution is 0.677. The summed E-state index contributed by atoms with van der Waals surface area (Å²) in [5, 5.41) is 3.29. The van der Waals surface area contributed by atoms with Crippen LogP contribution in [0.5, 0.6) is 0 Å². The molecule has 3 nitrogen and oxygen atoms in total. The minimum absolute atomic E-state index is 0.558. The van der Waals surface area contributed by atoms with Gasteiger partial charge >= 0.3 is 0 Å². The first-order valence-corrected chi connectivity index (χ1v) is 7.81. The largest absolute Gasteiger partial charge is 0.279 e. The minimum Gasteiger partial charge on any atom is -0.279 e. The zero-order chi connectivity index (χ0) is 14.8. The molecular formula is C16H14BrN3S. The van der Waals surface area contributed by atoms with Crippen LogP contribution >= 0.6 is 28.1 Å². The van der Waals surface area contributed by atoms with Gasteiger partial charge in [0, 0.05) is 10.0 Å². The first-order valence-electron chi connectivity index (χ1n) is 6.61. The Balaban J connectivity index is 1.98. The van der Waals surface area contributed by atoms with Crippen LogP contribution in [0.25, 0.3) is 11.4 Å². The van der Waals surface area contributed by atoms with Crippen molar-refractivity contribution in [3.05, 3.63) is 68.9 Å². The van der Waals surface area contributed by atoms with Crippen LogP contribution in [0.4, 0.5) is 0 Å². The molecule has 106 valence electrons. The maximum Gasteiger partial charge on any atom is 0.216 e. The molecule has 5 heteroatoms. The van der Waals surface area contributed by atoms with Crippen LogP contribution in [0.15, 0.2) is 53.0 Å². The van der Waals surface area contributed by atoms with Gasteiger partial charge in [-0.15, -0.1) is 0 Å². The Kier molecular flexibility index (Phi) is 4.03. The molecule has 3 aromatic rings. The number of aromatic nitrogens is 3. The highest BCUT2D eigenvalue weighted by atomic mass is 79.9. The summed E-state index contributed by atoms with van der Waals surface area (Å²) in [6, 6.07) is 16.4. The number of aryl methyl sites for hydroxylation is 1. The smallest absolute Gasteiger partial charge is 0.216 e. The van der Waals surface area contributed by atoms with Crippen molar-refractivity contribution in [2.24, 2.45) is 0 Å². The van der Waals surface area contributed by atoms with E-state index in [0.29, 0.717) is 11.3 Å². The zero-order valence-electron chi connectivity index (χ0n) is 11.5. The van der Waals surface area contributed by atoms with Crippen LogP contribution in [0, 0.1) is 11.7 Å². The molecule has 0 aliphatic rings. The number of aromatic amines is 1. The quantitative estimate of drug-likeness (QED) is 0.686. The van der Waals surface area contributed by atoms with Gasteiger partial charge in [0.15, 0.2) is 5.82 Å². The van der Waals surface area contributed by atoms with E-state index in [0.717, 1.165) is 15.9 Å². The second-order valence-corrected chi connectivity index (χ2v) is 6.13. The molecule has 0 aliphatic carbocycles. The molecule has 0 amide bonds. The third-order valence-electron chi connectivity index (χ3n) is 3.24. The summed E-state index contributed by atoms with van der Waals surface area (Å²) in [6.07, 6.45) is 0. The van der Waals surface area contributed by atoms with Gasteiger partial charge in [-0.05, 0) is 36.8 Å². The fraction of sp³-hybridized carbons (Fsp3) is 0.125. The topological polar surface area (TPSA) is 33.6 Å².